The van der Waals surface area contributed by atoms with Crippen molar-refractivity contribution in [3.05, 3.63) is 54.1 Å². The number of hydrogen-bond donors (Lipinski definition) is 0. The van der Waals surface area contributed by atoms with Gasteiger partial charge in [0.15, 0.2) is 0 Å². The largest absolute Gasteiger partial charge is 0.465 e. The Hall–Kier alpha value is -2.36. The molecule has 0 aliphatic heterocycles. The summed E-state index contributed by atoms with van der Waals surface area (Å²) in [6.45, 7) is 7.84. The van der Waals surface area contributed by atoms with Crippen LogP contribution < -0.4 is 0 Å². The first-order valence-corrected chi connectivity index (χ1v) is 6.87. The molecule has 0 saturated carbocycles. The summed E-state index contributed by atoms with van der Waals surface area (Å²) in [6, 6.07) is 7.77. The number of carbonyl (C=O) groups excluding carboxylic acids is 2. The van der Waals surface area contributed by atoms with Crippen LogP contribution in [0, 0.1) is 6.92 Å². The average molecular weight is 287 g/mol. The molecule has 0 atom stereocenters. The van der Waals surface area contributed by atoms with E-state index in [1.165, 1.54) is 11.0 Å². The maximum Gasteiger partial charge on any atom is 0.325 e. The Morgan fingerprint density at radius 2 is 2.05 bits per heavy atom. The van der Waals surface area contributed by atoms with Crippen LogP contribution in [-0.4, -0.2) is 36.5 Å². The molecule has 21 heavy (non-hydrogen) atoms. The molecule has 0 N–H and O–H groups in total. The first-order valence-electron chi connectivity index (χ1n) is 6.87. The second kappa shape index (κ2) is 8.74. The second-order valence-electron chi connectivity index (χ2n) is 4.50. The van der Waals surface area contributed by atoms with Crippen LogP contribution in [0.25, 0.3) is 6.08 Å². The Kier molecular flexibility index (Phi) is 6.95. The number of rotatable bonds is 7. The minimum absolute atomic E-state index is 0.0726. The second-order valence-corrected chi connectivity index (χ2v) is 4.50. The van der Waals surface area contributed by atoms with Crippen LogP contribution >= 0.6 is 0 Å². The van der Waals surface area contributed by atoms with Gasteiger partial charge in [0.05, 0.1) is 6.61 Å². The molecule has 1 aromatic rings. The number of ether oxygens (including phenoxy) is 1. The minimum atomic E-state index is -0.419. The summed E-state index contributed by atoms with van der Waals surface area (Å²) in [7, 11) is 0. The third-order valence-corrected chi connectivity index (χ3v) is 2.88. The van der Waals surface area contributed by atoms with Gasteiger partial charge >= 0.3 is 5.97 Å². The quantitative estimate of drug-likeness (QED) is 0.440. The van der Waals surface area contributed by atoms with E-state index < -0.39 is 5.97 Å². The van der Waals surface area contributed by atoms with E-state index in [1.807, 2.05) is 31.2 Å². The fourth-order valence-electron chi connectivity index (χ4n) is 1.79. The summed E-state index contributed by atoms with van der Waals surface area (Å²) in [4.78, 5) is 25.0. The van der Waals surface area contributed by atoms with Gasteiger partial charge in [-0.3, -0.25) is 9.59 Å². The molecule has 112 valence electrons. The van der Waals surface area contributed by atoms with E-state index in [0.717, 1.165) is 11.1 Å². The minimum Gasteiger partial charge on any atom is -0.465 e. The van der Waals surface area contributed by atoms with Gasteiger partial charge in [-0.2, -0.15) is 0 Å². The highest BCUT2D eigenvalue weighted by Gasteiger charge is 2.14. The van der Waals surface area contributed by atoms with E-state index in [1.54, 1.807) is 19.1 Å². The van der Waals surface area contributed by atoms with Crippen molar-refractivity contribution in [1.82, 2.24) is 4.90 Å². The summed E-state index contributed by atoms with van der Waals surface area (Å²) in [6.07, 6.45) is 4.79. The molecule has 0 aliphatic rings. The van der Waals surface area contributed by atoms with E-state index in [4.69, 9.17) is 4.74 Å². The van der Waals surface area contributed by atoms with Crippen molar-refractivity contribution < 1.29 is 14.3 Å². The van der Waals surface area contributed by atoms with E-state index in [2.05, 4.69) is 6.58 Å². The zero-order valence-electron chi connectivity index (χ0n) is 12.5. The number of aryl methyl sites for hydroxylation is 1. The zero-order chi connectivity index (χ0) is 15.7. The van der Waals surface area contributed by atoms with E-state index in [9.17, 15) is 9.59 Å². The molecule has 4 heteroatoms. The lowest BCUT2D eigenvalue weighted by molar-refractivity contribution is -0.147. The third-order valence-electron chi connectivity index (χ3n) is 2.88. The number of amides is 1. The highest BCUT2D eigenvalue weighted by Crippen LogP contribution is 2.09. The molecule has 0 spiro atoms. The van der Waals surface area contributed by atoms with Gasteiger partial charge in [-0.25, -0.2) is 0 Å². The third kappa shape index (κ3) is 5.65. The average Bonchev–Trinajstić information content (AvgIpc) is 2.46. The van der Waals surface area contributed by atoms with Crippen LogP contribution in [0.3, 0.4) is 0 Å². The molecule has 0 saturated heterocycles. The molecule has 0 bridgehead atoms. The van der Waals surface area contributed by atoms with Crippen molar-refractivity contribution >= 4 is 18.0 Å². The molecule has 0 aliphatic carbocycles. The Morgan fingerprint density at radius 3 is 2.67 bits per heavy atom. The van der Waals surface area contributed by atoms with Gasteiger partial charge in [0.1, 0.15) is 6.54 Å². The molecule has 0 radical (unpaired) electrons. The van der Waals surface area contributed by atoms with Gasteiger partial charge in [-0.05, 0) is 31.1 Å². The highest BCUT2D eigenvalue weighted by atomic mass is 16.5. The van der Waals surface area contributed by atoms with Crippen LogP contribution in [-0.2, 0) is 14.3 Å². The van der Waals surface area contributed by atoms with Crippen molar-refractivity contribution in [2.45, 2.75) is 13.8 Å². The van der Waals surface area contributed by atoms with E-state index >= 15 is 0 Å². The maximum absolute atomic E-state index is 12.1. The number of carbonyl (C=O) groups is 2. The highest BCUT2D eigenvalue weighted by molar-refractivity contribution is 5.94. The predicted octanol–water partition coefficient (Wildman–Crippen LogP) is 2.59. The van der Waals surface area contributed by atoms with Gasteiger partial charge in [-0.1, -0.05) is 30.3 Å². The standard InChI is InChI=1S/C17H21NO3/c1-4-12-18(13-17(20)21-5-2)16(19)11-10-15-9-7-6-8-14(15)3/h4,6-11H,1,5,12-13H2,2-3H3/b11-10+. The SMILES string of the molecule is C=CCN(CC(=O)OCC)C(=O)/C=C/c1ccccc1C. The van der Waals surface area contributed by atoms with Gasteiger partial charge in [0.2, 0.25) is 5.91 Å². The zero-order valence-corrected chi connectivity index (χ0v) is 12.5. The Morgan fingerprint density at radius 1 is 1.33 bits per heavy atom. The van der Waals surface area contributed by atoms with Crippen molar-refractivity contribution in [3.8, 4) is 0 Å². The summed E-state index contributed by atoms with van der Waals surface area (Å²) in [5, 5.41) is 0. The number of hydrogen-bond acceptors (Lipinski definition) is 3. The van der Waals surface area contributed by atoms with Crippen molar-refractivity contribution in [2.75, 3.05) is 19.7 Å². The fraction of sp³-hybridized carbons (Fsp3) is 0.294. The first-order chi connectivity index (χ1) is 10.1. The normalized spacial score (nSPS) is 10.4. The first kappa shape index (κ1) is 16.7. The molecule has 1 rings (SSSR count). The van der Waals surface area contributed by atoms with Gasteiger partial charge in [0.25, 0.3) is 0 Å². The molecule has 0 fully saturated rings. The van der Waals surface area contributed by atoms with Crippen molar-refractivity contribution in [1.29, 1.82) is 0 Å². The smallest absolute Gasteiger partial charge is 0.325 e. The van der Waals surface area contributed by atoms with E-state index in [0.29, 0.717) is 13.2 Å². The Bertz CT molecular complexity index is 535. The van der Waals surface area contributed by atoms with Gasteiger partial charge in [-0.15, -0.1) is 6.58 Å². The van der Waals surface area contributed by atoms with E-state index in [-0.39, 0.29) is 12.5 Å². The summed E-state index contributed by atoms with van der Waals surface area (Å²) >= 11 is 0. The van der Waals surface area contributed by atoms with Crippen LogP contribution in [0.4, 0.5) is 0 Å². The molecule has 0 aromatic heterocycles. The van der Waals surface area contributed by atoms with Crippen molar-refractivity contribution in [2.24, 2.45) is 0 Å². The number of benzene rings is 1. The molecule has 1 amide bonds. The molecule has 1 aromatic carbocycles. The molecule has 0 heterocycles. The predicted molar refractivity (Wildman–Crippen MR) is 83.6 cm³/mol. The van der Waals surface area contributed by atoms with Gasteiger partial charge < -0.3 is 9.64 Å². The summed E-state index contributed by atoms with van der Waals surface area (Å²) < 4.78 is 4.86. The van der Waals surface area contributed by atoms with Crippen molar-refractivity contribution in [3.63, 3.8) is 0 Å². The van der Waals surface area contributed by atoms with Crippen LogP contribution in [0.2, 0.25) is 0 Å². The fourth-order valence-corrected chi connectivity index (χ4v) is 1.79. The number of esters is 1. The van der Waals surface area contributed by atoms with Gasteiger partial charge in [0, 0.05) is 12.6 Å². The Balaban J connectivity index is 2.75. The molecular weight excluding hydrogens is 266 g/mol. The molecular formula is C17H21NO3. The molecule has 0 unspecified atom stereocenters. The van der Waals surface area contributed by atoms with Crippen LogP contribution in [0.1, 0.15) is 18.1 Å². The lowest BCUT2D eigenvalue weighted by Gasteiger charge is -2.18. The Labute approximate surface area is 125 Å². The lowest BCUT2D eigenvalue weighted by Crippen LogP contribution is -2.35. The van der Waals surface area contributed by atoms with Crippen LogP contribution in [0.5, 0.6) is 0 Å². The summed E-state index contributed by atoms with van der Waals surface area (Å²) in [5.74, 6) is -0.664. The monoisotopic (exact) mass is 287 g/mol. The molecule has 4 nitrogen and oxygen atoms in total. The number of nitrogens with zero attached hydrogens (tertiary/aromatic N) is 1. The summed E-state index contributed by atoms with van der Waals surface area (Å²) in [5.41, 5.74) is 2.06. The topological polar surface area (TPSA) is 46.6 Å². The lowest BCUT2D eigenvalue weighted by atomic mass is 10.1. The maximum atomic E-state index is 12.1. The van der Waals surface area contributed by atoms with Crippen LogP contribution in [0.15, 0.2) is 43.0 Å².